The number of alkyl halides is 3. The minimum Gasteiger partial charge on any atom is -0.331 e. The zero-order chi connectivity index (χ0) is 22.0. The molecule has 1 amide bonds. The quantitative estimate of drug-likeness (QED) is 0.636. The van der Waals surface area contributed by atoms with Gasteiger partial charge in [0.15, 0.2) is 11.5 Å². The summed E-state index contributed by atoms with van der Waals surface area (Å²) in [6, 6.07) is 6.67. The fourth-order valence-corrected chi connectivity index (χ4v) is 3.44. The topological polar surface area (TPSA) is 89.2 Å². The summed E-state index contributed by atoms with van der Waals surface area (Å²) in [6.45, 7) is 2.36. The Balaban J connectivity index is 1.59. The highest BCUT2D eigenvalue weighted by molar-refractivity contribution is 6.02. The number of carbonyl (C=O) groups excluding carboxylic acids is 1. The third kappa shape index (κ3) is 4.30. The summed E-state index contributed by atoms with van der Waals surface area (Å²) < 4.78 is 38.0. The number of halogens is 3. The Hall–Kier alpha value is -3.63. The molecule has 2 aromatic heterocycles. The van der Waals surface area contributed by atoms with Crippen molar-refractivity contribution in [3.8, 4) is 5.69 Å². The first-order valence-electron chi connectivity index (χ1n) is 9.58. The number of aromatic nitrogens is 5. The molecule has 3 heterocycles. The normalized spacial score (nSPS) is 18.4. The zero-order valence-corrected chi connectivity index (χ0v) is 16.5. The fraction of sp³-hybridized carbons (Fsp3) is 0.300. The average molecular weight is 429 g/mol. The number of nitrogens with zero attached hydrogens (tertiary/aromatic N) is 7. The van der Waals surface area contributed by atoms with E-state index < -0.39 is 11.9 Å². The van der Waals surface area contributed by atoms with Gasteiger partial charge in [-0.2, -0.15) is 28.2 Å². The highest BCUT2D eigenvalue weighted by Gasteiger charge is 2.33. The van der Waals surface area contributed by atoms with E-state index in [0.29, 0.717) is 42.5 Å². The molecule has 8 nitrogen and oxygen atoms in total. The van der Waals surface area contributed by atoms with Crippen LogP contribution in [0.5, 0.6) is 0 Å². The van der Waals surface area contributed by atoms with Crippen molar-refractivity contribution in [3.05, 3.63) is 60.3 Å². The Morgan fingerprint density at radius 3 is 2.55 bits per heavy atom. The number of para-hydroxylation sites is 1. The zero-order valence-electron chi connectivity index (χ0n) is 16.5. The number of piperidine rings is 1. The van der Waals surface area contributed by atoms with Gasteiger partial charge in [-0.3, -0.25) is 4.79 Å². The lowest BCUT2D eigenvalue weighted by molar-refractivity contribution is -0.141. The van der Waals surface area contributed by atoms with E-state index in [2.05, 4.69) is 25.2 Å². The van der Waals surface area contributed by atoms with Crippen molar-refractivity contribution in [3.63, 3.8) is 0 Å². The summed E-state index contributed by atoms with van der Waals surface area (Å²) >= 11 is 0. The maximum atomic E-state index is 13.3. The van der Waals surface area contributed by atoms with Crippen LogP contribution < -0.4 is 0 Å². The lowest BCUT2D eigenvalue weighted by Crippen LogP contribution is -2.47. The number of hydrogen-bond donors (Lipinski definition) is 0. The summed E-state index contributed by atoms with van der Waals surface area (Å²) in [5, 5.41) is 8.21. The first-order chi connectivity index (χ1) is 14.8. The maximum absolute atomic E-state index is 13.3. The molecular formula is C20H18F3N7O. The second-order valence-corrected chi connectivity index (χ2v) is 6.97. The third-order valence-corrected chi connectivity index (χ3v) is 5.00. The number of aliphatic imine (C=N–C) groups is 1. The molecule has 1 aliphatic rings. The van der Waals surface area contributed by atoms with Crippen molar-refractivity contribution >= 4 is 17.4 Å². The van der Waals surface area contributed by atoms with Gasteiger partial charge in [0.05, 0.1) is 42.1 Å². The van der Waals surface area contributed by atoms with Crippen LogP contribution in [0.3, 0.4) is 0 Å². The number of hydrogen-bond acceptors (Lipinski definition) is 6. The van der Waals surface area contributed by atoms with Gasteiger partial charge in [-0.05, 0) is 31.9 Å². The molecule has 0 bridgehead atoms. The summed E-state index contributed by atoms with van der Waals surface area (Å²) in [6.07, 6.45) is 1.42. The van der Waals surface area contributed by atoms with Crippen LogP contribution in [-0.2, 0) is 6.18 Å². The van der Waals surface area contributed by atoms with Gasteiger partial charge in [0, 0.05) is 12.3 Å². The Morgan fingerprint density at radius 2 is 1.87 bits per heavy atom. The highest BCUT2D eigenvalue weighted by Crippen LogP contribution is 2.28. The van der Waals surface area contributed by atoms with Crippen LogP contribution in [-0.4, -0.2) is 54.1 Å². The molecule has 1 aliphatic heterocycles. The number of rotatable bonds is 3. The monoisotopic (exact) mass is 429 g/mol. The van der Waals surface area contributed by atoms with E-state index in [9.17, 15) is 18.0 Å². The molecule has 4 rings (SSSR count). The van der Waals surface area contributed by atoms with Crippen molar-refractivity contribution in [1.29, 1.82) is 0 Å². The van der Waals surface area contributed by atoms with Crippen LogP contribution in [0.2, 0.25) is 0 Å². The molecule has 0 saturated carbocycles. The SMILES string of the molecule is C[C@H]1C(=Nc2cnc(C(F)(F)F)cn2)CCCN1C(=O)c1ccccc1-n1nccn1. The van der Waals surface area contributed by atoms with Crippen molar-refractivity contribution in [2.24, 2.45) is 4.99 Å². The summed E-state index contributed by atoms with van der Waals surface area (Å²) in [5.74, 6) is -0.128. The first-order valence-corrected chi connectivity index (χ1v) is 9.58. The Morgan fingerprint density at radius 1 is 1.13 bits per heavy atom. The molecule has 0 unspecified atom stereocenters. The van der Waals surface area contributed by atoms with Gasteiger partial charge in [0.25, 0.3) is 5.91 Å². The standard InChI is InChI=1S/C20H18F3N7O/c1-13-15(28-18-12-24-17(11-25-18)20(21,22)23)6-4-10-29(13)19(31)14-5-2-3-7-16(14)30-26-8-9-27-30/h2-3,5,7-9,11-13H,4,6,10H2,1H3/t13-/m0/s1. The van der Waals surface area contributed by atoms with Crippen molar-refractivity contribution < 1.29 is 18.0 Å². The molecule has 0 radical (unpaired) electrons. The largest absolute Gasteiger partial charge is 0.434 e. The number of amides is 1. The number of carbonyl (C=O) groups is 1. The lowest BCUT2D eigenvalue weighted by Gasteiger charge is -2.35. The van der Waals surface area contributed by atoms with E-state index in [1.165, 1.54) is 17.2 Å². The molecule has 1 fully saturated rings. The van der Waals surface area contributed by atoms with E-state index >= 15 is 0 Å². The third-order valence-electron chi connectivity index (χ3n) is 5.00. The molecule has 0 aliphatic carbocycles. The second-order valence-electron chi connectivity index (χ2n) is 6.97. The average Bonchev–Trinajstić information content (AvgIpc) is 3.29. The Kier molecular flexibility index (Phi) is 5.49. The van der Waals surface area contributed by atoms with Crippen molar-refractivity contribution in [2.75, 3.05) is 6.54 Å². The van der Waals surface area contributed by atoms with E-state index in [1.54, 1.807) is 29.2 Å². The molecule has 0 N–H and O–H groups in total. The van der Waals surface area contributed by atoms with E-state index in [-0.39, 0.29) is 17.8 Å². The molecule has 3 aromatic rings. The van der Waals surface area contributed by atoms with Gasteiger partial charge in [0.1, 0.15) is 0 Å². The fourth-order valence-electron chi connectivity index (χ4n) is 3.44. The predicted molar refractivity (Wildman–Crippen MR) is 105 cm³/mol. The van der Waals surface area contributed by atoms with Crippen LogP contribution in [0.25, 0.3) is 5.69 Å². The van der Waals surface area contributed by atoms with E-state index in [4.69, 9.17) is 0 Å². The Bertz CT molecular complexity index is 1090. The van der Waals surface area contributed by atoms with Gasteiger partial charge in [0.2, 0.25) is 0 Å². The van der Waals surface area contributed by atoms with Crippen LogP contribution in [0.4, 0.5) is 19.0 Å². The molecule has 160 valence electrons. The molecule has 11 heteroatoms. The summed E-state index contributed by atoms with van der Waals surface area (Å²) in [5.41, 5.74) is 0.584. The summed E-state index contributed by atoms with van der Waals surface area (Å²) in [7, 11) is 0. The second kappa shape index (κ2) is 8.25. The molecule has 1 atom stereocenters. The first kappa shape index (κ1) is 20.6. The van der Waals surface area contributed by atoms with Crippen LogP contribution in [0, 0.1) is 0 Å². The van der Waals surface area contributed by atoms with Crippen LogP contribution >= 0.6 is 0 Å². The lowest BCUT2D eigenvalue weighted by atomic mass is 9.99. The van der Waals surface area contributed by atoms with Crippen molar-refractivity contribution in [1.82, 2.24) is 29.9 Å². The predicted octanol–water partition coefficient (Wildman–Crippen LogP) is 3.47. The van der Waals surface area contributed by atoms with Gasteiger partial charge >= 0.3 is 6.18 Å². The van der Waals surface area contributed by atoms with Gasteiger partial charge in [-0.15, -0.1) is 0 Å². The van der Waals surface area contributed by atoms with Gasteiger partial charge in [-0.25, -0.2) is 15.0 Å². The molecule has 0 spiro atoms. The van der Waals surface area contributed by atoms with Crippen LogP contribution in [0.1, 0.15) is 35.8 Å². The van der Waals surface area contributed by atoms with Gasteiger partial charge < -0.3 is 4.90 Å². The summed E-state index contributed by atoms with van der Waals surface area (Å²) in [4.78, 5) is 27.9. The molecule has 31 heavy (non-hydrogen) atoms. The Labute approximate surface area is 175 Å². The minimum atomic E-state index is -4.56. The highest BCUT2D eigenvalue weighted by atomic mass is 19.4. The van der Waals surface area contributed by atoms with E-state index in [0.717, 1.165) is 6.20 Å². The molecule has 1 saturated heterocycles. The number of likely N-dealkylation sites (tertiary alicyclic amines) is 1. The van der Waals surface area contributed by atoms with Gasteiger partial charge in [-0.1, -0.05) is 12.1 Å². The maximum Gasteiger partial charge on any atom is 0.434 e. The van der Waals surface area contributed by atoms with Crippen LogP contribution in [0.15, 0.2) is 54.0 Å². The molecule has 1 aromatic carbocycles. The minimum absolute atomic E-state index is 0.0743. The smallest absolute Gasteiger partial charge is 0.331 e. The van der Waals surface area contributed by atoms with Crippen molar-refractivity contribution in [2.45, 2.75) is 32.0 Å². The number of benzene rings is 1. The van der Waals surface area contributed by atoms with E-state index in [1.807, 2.05) is 6.92 Å². The molecular weight excluding hydrogens is 411 g/mol.